The second-order valence-electron chi connectivity index (χ2n) is 4.00. The Labute approximate surface area is 124 Å². The molecule has 0 spiro atoms. The summed E-state index contributed by atoms with van der Waals surface area (Å²) in [5, 5.41) is 3.58. The molecule has 0 aliphatic heterocycles. The van der Waals surface area contributed by atoms with E-state index in [0.29, 0.717) is 15.4 Å². The second-order valence-corrected chi connectivity index (χ2v) is 5.21. The van der Waals surface area contributed by atoms with Gasteiger partial charge in [0.15, 0.2) is 0 Å². The number of nitrogens with one attached hydrogen (secondary N) is 1. The Kier molecular flexibility index (Phi) is 4.71. The number of anilines is 2. The topological polar surface area (TPSA) is 37.8 Å². The first kappa shape index (κ1) is 14.2. The smallest absolute Gasteiger partial charge is 0.138 e. The van der Waals surface area contributed by atoms with Gasteiger partial charge in [-0.15, -0.1) is 0 Å². The molecule has 0 atom stereocenters. The van der Waals surface area contributed by atoms with E-state index in [4.69, 9.17) is 11.6 Å². The van der Waals surface area contributed by atoms with Gasteiger partial charge in [-0.05, 0) is 40.5 Å². The zero-order valence-corrected chi connectivity index (χ0v) is 12.6. The standard InChI is InChI=1S/C13H12BrClFN3/c1-2-3-9-12(15)17-7-18-13(9)19-8-4-5-11(16)10(14)6-8/h4-7H,2-3H2,1H3,(H,17,18,19). The molecule has 19 heavy (non-hydrogen) atoms. The number of hydrogen-bond donors (Lipinski definition) is 1. The summed E-state index contributed by atoms with van der Waals surface area (Å²) in [5.41, 5.74) is 1.60. The van der Waals surface area contributed by atoms with Gasteiger partial charge in [-0.2, -0.15) is 0 Å². The molecule has 1 aromatic heterocycles. The molecule has 0 radical (unpaired) electrons. The lowest BCUT2D eigenvalue weighted by Gasteiger charge is -2.11. The molecule has 0 amide bonds. The predicted molar refractivity (Wildman–Crippen MR) is 78.4 cm³/mol. The van der Waals surface area contributed by atoms with Gasteiger partial charge in [0.2, 0.25) is 0 Å². The van der Waals surface area contributed by atoms with Crippen molar-refractivity contribution in [3.8, 4) is 0 Å². The highest BCUT2D eigenvalue weighted by Gasteiger charge is 2.10. The van der Waals surface area contributed by atoms with Crippen molar-refractivity contribution in [3.05, 3.63) is 45.5 Å². The number of benzene rings is 1. The molecule has 0 saturated carbocycles. The average Bonchev–Trinajstić information content (AvgIpc) is 2.38. The largest absolute Gasteiger partial charge is 0.340 e. The zero-order valence-electron chi connectivity index (χ0n) is 10.3. The SMILES string of the molecule is CCCc1c(Cl)ncnc1Nc1ccc(F)c(Br)c1. The minimum absolute atomic E-state index is 0.306. The molecule has 0 fully saturated rings. The fourth-order valence-electron chi connectivity index (χ4n) is 1.68. The van der Waals surface area contributed by atoms with Crippen LogP contribution >= 0.6 is 27.5 Å². The Hall–Kier alpha value is -1.20. The summed E-state index contributed by atoms with van der Waals surface area (Å²) in [6.45, 7) is 2.06. The van der Waals surface area contributed by atoms with Crippen LogP contribution in [0, 0.1) is 5.82 Å². The summed E-state index contributed by atoms with van der Waals surface area (Å²) in [6.07, 6.45) is 3.13. The summed E-state index contributed by atoms with van der Waals surface area (Å²) in [5.74, 6) is 0.348. The minimum atomic E-state index is -0.306. The van der Waals surface area contributed by atoms with Crippen LogP contribution in [0.15, 0.2) is 29.0 Å². The molecule has 0 bridgehead atoms. The van der Waals surface area contributed by atoms with Crippen LogP contribution in [0.3, 0.4) is 0 Å². The van der Waals surface area contributed by atoms with Gasteiger partial charge < -0.3 is 5.32 Å². The van der Waals surface area contributed by atoms with E-state index < -0.39 is 0 Å². The number of hydrogen-bond acceptors (Lipinski definition) is 3. The van der Waals surface area contributed by atoms with Gasteiger partial charge in [0.25, 0.3) is 0 Å². The Balaban J connectivity index is 2.32. The summed E-state index contributed by atoms with van der Waals surface area (Å²) in [7, 11) is 0. The van der Waals surface area contributed by atoms with E-state index in [0.717, 1.165) is 24.1 Å². The first-order chi connectivity index (χ1) is 9.11. The highest BCUT2D eigenvalue weighted by molar-refractivity contribution is 9.10. The third-order valence-corrected chi connectivity index (χ3v) is 3.51. The van der Waals surface area contributed by atoms with Gasteiger partial charge in [-0.25, -0.2) is 14.4 Å². The van der Waals surface area contributed by atoms with Crippen LogP contribution in [0.25, 0.3) is 0 Å². The van der Waals surface area contributed by atoms with E-state index >= 15 is 0 Å². The highest BCUT2D eigenvalue weighted by atomic mass is 79.9. The summed E-state index contributed by atoms with van der Waals surface area (Å²) in [6, 6.07) is 4.68. The molecule has 0 saturated heterocycles. The normalized spacial score (nSPS) is 10.5. The molecule has 100 valence electrons. The molecule has 0 aliphatic rings. The van der Waals surface area contributed by atoms with Crippen LogP contribution in [-0.2, 0) is 6.42 Å². The molecule has 0 unspecified atom stereocenters. The maximum atomic E-state index is 13.2. The van der Waals surface area contributed by atoms with Crippen molar-refractivity contribution in [1.29, 1.82) is 0 Å². The van der Waals surface area contributed by atoms with Crippen molar-refractivity contribution in [1.82, 2.24) is 9.97 Å². The molecule has 0 aliphatic carbocycles. The molecule has 1 aromatic carbocycles. The number of halogens is 3. The minimum Gasteiger partial charge on any atom is -0.340 e. The maximum Gasteiger partial charge on any atom is 0.138 e. The van der Waals surface area contributed by atoms with Crippen molar-refractivity contribution < 1.29 is 4.39 Å². The fraction of sp³-hybridized carbons (Fsp3) is 0.231. The third kappa shape index (κ3) is 3.42. The van der Waals surface area contributed by atoms with Gasteiger partial charge in [0.1, 0.15) is 23.1 Å². The summed E-state index contributed by atoms with van der Waals surface area (Å²) >= 11 is 9.22. The van der Waals surface area contributed by atoms with Crippen molar-refractivity contribution in [2.45, 2.75) is 19.8 Å². The van der Waals surface area contributed by atoms with Gasteiger partial charge in [-0.3, -0.25) is 0 Å². The van der Waals surface area contributed by atoms with Crippen LogP contribution in [0.2, 0.25) is 5.15 Å². The fourth-order valence-corrected chi connectivity index (χ4v) is 2.29. The van der Waals surface area contributed by atoms with Crippen LogP contribution in [0.1, 0.15) is 18.9 Å². The van der Waals surface area contributed by atoms with Crippen LogP contribution in [0.5, 0.6) is 0 Å². The van der Waals surface area contributed by atoms with E-state index in [1.165, 1.54) is 12.4 Å². The number of aromatic nitrogens is 2. The monoisotopic (exact) mass is 343 g/mol. The van der Waals surface area contributed by atoms with Crippen molar-refractivity contribution in [2.75, 3.05) is 5.32 Å². The van der Waals surface area contributed by atoms with Gasteiger partial charge in [-0.1, -0.05) is 24.9 Å². The molecular weight excluding hydrogens is 333 g/mol. The van der Waals surface area contributed by atoms with Crippen molar-refractivity contribution in [3.63, 3.8) is 0 Å². The second kappa shape index (κ2) is 6.30. The Bertz CT molecular complexity index is 592. The maximum absolute atomic E-state index is 13.2. The van der Waals surface area contributed by atoms with Gasteiger partial charge >= 0.3 is 0 Å². The third-order valence-electron chi connectivity index (χ3n) is 2.58. The Morgan fingerprint density at radius 1 is 1.37 bits per heavy atom. The van der Waals surface area contributed by atoms with Gasteiger partial charge in [0, 0.05) is 11.3 Å². The molecule has 1 heterocycles. The lowest BCUT2D eigenvalue weighted by Crippen LogP contribution is -2.01. The first-order valence-electron chi connectivity index (χ1n) is 5.83. The lowest BCUT2D eigenvalue weighted by atomic mass is 10.2. The average molecular weight is 345 g/mol. The summed E-state index contributed by atoms with van der Waals surface area (Å²) in [4.78, 5) is 8.17. The van der Waals surface area contributed by atoms with E-state index in [2.05, 4.69) is 38.1 Å². The number of nitrogens with zero attached hydrogens (tertiary/aromatic N) is 2. The zero-order chi connectivity index (χ0) is 13.8. The molecule has 2 aromatic rings. The van der Waals surface area contributed by atoms with E-state index in [1.54, 1.807) is 12.1 Å². The van der Waals surface area contributed by atoms with Crippen LogP contribution in [-0.4, -0.2) is 9.97 Å². The molecule has 2 rings (SSSR count). The van der Waals surface area contributed by atoms with Gasteiger partial charge in [0.05, 0.1) is 4.47 Å². The van der Waals surface area contributed by atoms with E-state index in [9.17, 15) is 4.39 Å². The molecule has 1 N–H and O–H groups in total. The first-order valence-corrected chi connectivity index (χ1v) is 7.00. The lowest BCUT2D eigenvalue weighted by molar-refractivity contribution is 0.621. The van der Waals surface area contributed by atoms with Crippen molar-refractivity contribution in [2.24, 2.45) is 0 Å². The molecule has 3 nitrogen and oxygen atoms in total. The van der Waals surface area contributed by atoms with Crippen LogP contribution < -0.4 is 5.32 Å². The Morgan fingerprint density at radius 3 is 2.84 bits per heavy atom. The number of rotatable bonds is 4. The van der Waals surface area contributed by atoms with Crippen LogP contribution in [0.4, 0.5) is 15.9 Å². The Morgan fingerprint density at radius 2 is 2.16 bits per heavy atom. The molecular formula is C13H12BrClFN3. The summed E-state index contributed by atoms with van der Waals surface area (Å²) < 4.78 is 13.6. The molecule has 6 heteroatoms. The quantitative estimate of drug-likeness (QED) is 0.815. The predicted octanol–water partition coefficient (Wildman–Crippen LogP) is 4.73. The van der Waals surface area contributed by atoms with E-state index in [-0.39, 0.29) is 5.82 Å². The van der Waals surface area contributed by atoms with E-state index in [1.807, 2.05) is 0 Å². The van der Waals surface area contributed by atoms with Crippen molar-refractivity contribution >= 4 is 39.0 Å². The highest BCUT2D eigenvalue weighted by Crippen LogP contribution is 2.26.